The first-order valence-electron chi connectivity index (χ1n) is 5.55. The summed E-state index contributed by atoms with van der Waals surface area (Å²) in [6.45, 7) is 0.648. The topological polar surface area (TPSA) is 44.1 Å². The van der Waals surface area contributed by atoms with Gasteiger partial charge in [0.05, 0.1) is 18.5 Å². The Morgan fingerprint density at radius 3 is 2.89 bits per heavy atom. The van der Waals surface area contributed by atoms with Crippen molar-refractivity contribution < 1.29 is 8.95 Å². The molecule has 0 aliphatic rings. The fraction of sp³-hybridized carbons (Fsp3) is 0.417. The van der Waals surface area contributed by atoms with Crippen molar-refractivity contribution >= 4 is 33.4 Å². The van der Waals surface area contributed by atoms with Crippen LogP contribution < -0.4 is 4.74 Å². The number of aryl methyl sites for hydroxylation is 1. The number of nitrogens with zero attached hydrogens (tertiary/aromatic N) is 2. The summed E-state index contributed by atoms with van der Waals surface area (Å²) in [5, 5.41) is 0. The van der Waals surface area contributed by atoms with Crippen molar-refractivity contribution in [2.24, 2.45) is 0 Å². The van der Waals surface area contributed by atoms with Gasteiger partial charge in [-0.05, 0) is 12.1 Å². The van der Waals surface area contributed by atoms with Gasteiger partial charge in [0.1, 0.15) is 17.1 Å². The number of hydrogen-bond acceptors (Lipinski definition) is 3. The van der Waals surface area contributed by atoms with E-state index in [0.717, 1.165) is 22.6 Å². The van der Waals surface area contributed by atoms with Crippen LogP contribution >= 0.6 is 11.6 Å². The first-order valence-corrected chi connectivity index (χ1v) is 7.81. The van der Waals surface area contributed by atoms with Crippen molar-refractivity contribution in [1.29, 1.82) is 0 Å². The summed E-state index contributed by atoms with van der Waals surface area (Å²) in [6, 6.07) is 5.76. The van der Waals surface area contributed by atoms with Crippen LogP contribution in [-0.2, 0) is 23.2 Å². The molecule has 0 saturated heterocycles. The van der Waals surface area contributed by atoms with E-state index in [1.54, 1.807) is 13.4 Å². The van der Waals surface area contributed by atoms with Gasteiger partial charge < -0.3 is 9.30 Å². The highest BCUT2D eigenvalue weighted by atomic mass is 35.5. The molecule has 6 heteroatoms. The quantitative estimate of drug-likeness (QED) is 0.791. The molecule has 98 valence electrons. The van der Waals surface area contributed by atoms with Crippen molar-refractivity contribution in [3.05, 3.63) is 24.0 Å². The van der Waals surface area contributed by atoms with E-state index in [-0.39, 0.29) is 0 Å². The summed E-state index contributed by atoms with van der Waals surface area (Å²) in [5.74, 6) is 2.43. The fourth-order valence-electron chi connectivity index (χ4n) is 1.91. The molecule has 0 spiro atoms. The number of hydrogen-bond donors (Lipinski definition) is 0. The van der Waals surface area contributed by atoms with Crippen molar-refractivity contribution in [3.8, 4) is 5.75 Å². The fourth-order valence-corrected chi connectivity index (χ4v) is 2.55. The Hall–Kier alpha value is -1.07. The molecule has 0 aliphatic heterocycles. The summed E-state index contributed by atoms with van der Waals surface area (Å²) in [5.41, 5.74) is 1.77. The Kier molecular flexibility index (Phi) is 4.24. The predicted molar refractivity (Wildman–Crippen MR) is 74.8 cm³/mol. The van der Waals surface area contributed by atoms with Crippen LogP contribution in [0.5, 0.6) is 5.75 Å². The molecular weight excluding hydrogens is 272 g/mol. The van der Waals surface area contributed by atoms with Crippen LogP contribution in [0.3, 0.4) is 0 Å². The normalized spacial score (nSPS) is 12.8. The summed E-state index contributed by atoms with van der Waals surface area (Å²) < 4.78 is 18.5. The third-order valence-electron chi connectivity index (χ3n) is 2.76. The molecule has 1 atom stereocenters. The number of fused-ring (bicyclic) bond motifs is 1. The van der Waals surface area contributed by atoms with Gasteiger partial charge in [0.25, 0.3) is 0 Å². The zero-order chi connectivity index (χ0) is 13.1. The SMILES string of the molecule is COc1cccc2c1nc(CCl)n2CCS(C)=O. The summed E-state index contributed by atoms with van der Waals surface area (Å²) in [6.07, 6.45) is 1.69. The summed E-state index contributed by atoms with van der Waals surface area (Å²) in [4.78, 5) is 4.49. The number of rotatable bonds is 5. The standard InChI is InChI=1S/C12H15ClN2O2S/c1-17-10-5-3-4-9-12(10)14-11(8-13)15(9)6-7-18(2)16/h3-5H,6-8H2,1-2H3. The zero-order valence-corrected chi connectivity index (χ0v) is 11.9. The van der Waals surface area contributed by atoms with E-state index in [1.807, 2.05) is 22.8 Å². The first kappa shape index (κ1) is 13.4. The lowest BCUT2D eigenvalue weighted by Crippen LogP contribution is -2.09. The van der Waals surface area contributed by atoms with E-state index in [4.69, 9.17) is 16.3 Å². The van der Waals surface area contributed by atoms with E-state index >= 15 is 0 Å². The number of aromatic nitrogens is 2. The van der Waals surface area contributed by atoms with E-state index in [9.17, 15) is 4.21 Å². The lowest BCUT2D eigenvalue weighted by atomic mass is 10.3. The average molecular weight is 287 g/mol. The van der Waals surface area contributed by atoms with Crippen LogP contribution in [0.15, 0.2) is 18.2 Å². The number of ether oxygens (including phenoxy) is 1. The monoisotopic (exact) mass is 286 g/mol. The van der Waals surface area contributed by atoms with Crippen molar-refractivity contribution in [2.45, 2.75) is 12.4 Å². The number of alkyl halides is 1. The Morgan fingerprint density at radius 1 is 1.50 bits per heavy atom. The maximum absolute atomic E-state index is 11.2. The summed E-state index contributed by atoms with van der Waals surface area (Å²) >= 11 is 5.91. The molecule has 1 heterocycles. The van der Waals surface area contributed by atoms with Crippen LogP contribution in [0.1, 0.15) is 5.82 Å². The number of imidazole rings is 1. The molecular formula is C12H15ClN2O2S. The average Bonchev–Trinajstić information content (AvgIpc) is 2.73. The minimum absolute atomic E-state index is 0.328. The Morgan fingerprint density at radius 2 is 2.28 bits per heavy atom. The Labute approximate surface area is 113 Å². The van der Waals surface area contributed by atoms with E-state index in [0.29, 0.717) is 18.2 Å². The second-order valence-corrected chi connectivity index (χ2v) is 5.74. The smallest absolute Gasteiger partial charge is 0.146 e. The van der Waals surface area contributed by atoms with Gasteiger partial charge >= 0.3 is 0 Å². The van der Waals surface area contributed by atoms with Gasteiger partial charge in [-0.15, -0.1) is 11.6 Å². The number of halogens is 1. The molecule has 4 nitrogen and oxygen atoms in total. The predicted octanol–water partition coefficient (Wildman–Crippen LogP) is 2.16. The number of methoxy groups -OCH3 is 1. The third-order valence-corrected chi connectivity index (χ3v) is 3.76. The third kappa shape index (κ3) is 2.52. The van der Waals surface area contributed by atoms with E-state index in [2.05, 4.69) is 4.98 Å². The van der Waals surface area contributed by atoms with Gasteiger partial charge in [-0.1, -0.05) is 6.07 Å². The van der Waals surface area contributed by atoms with Gasteiger partial charge in [0.2, 0.25) is 0 Å². The highest BCUT2D eigenvalue weighted by molar-refractivity contribution is 7.84. The van der Waals surface area contributed by atoms with Gasteiger partial charge in [-0.3, -0.25) is 4.21 Å². The van der Waals surface area contributed by atoms with Crippen molar-refractivity contribution in [1.82, 2.24) is 9.55 Å². The molecule has 2 aromatic rings. The molecule has 0 aliphatic carbocycles. The van der Waals surface area contributed by atoms with E-state index in [1.165, 1.54) is 0 Å². The lowest BCUT2D eigenvalue weighted by Gasteiger charge is -2.06. The van der Waals surface area contributed by atoms with E-state index < -0.39 is 10.8 Å². The largest absolute Gasteiger partial charge is 0.494 e. The van der Waals surface area contributed by atoms with Gasteiger partial charge in [-0.25, -0.2) is 4.98 Å². The molecule has 0 bridgehead atoms. The first-order chi connectivity index (χ1) is 8.67. The molecule has 0 fully saturated rings. The second kappa shape index (κ2) is 5.71. The van der Waals surface area contributed by atoms with Crippen molar-refractivity contribution in [2.75, 3.05) is 19.1 Å². The molecule has 2 rings (SSSR count). The molecule has 0 N–H and O–H groups in total. The molecule has 0 amide bonds. The Bertz CT molecular complexity index is 583. The van der Waals surface area contributed by atoms with Crippen LogP contribution in [0.4, 0.5) is 0 Å². The molecule has 18 heavy (non-hydrogen) atoms. The number of benzene rings is 1. The highest BCUT2D eigenvalue weighted by Crippen LogP contribution is 2.26. The van der Waals surface area contributed by atoms with Crippen molar-refractivity contribution in [3.63, 3.8) is 0 Å². The Balaban J connectivity index is 2.52. The van der Waals surface area contributed by atoms with Crippen LogP contribution in [0.2, 0.25) is 0 Å². The maximum atomic E-state index is 11.2. The second-order valence-electron chi connectivity index (χ2n) is 3.92. The van der Waals surface area contributed by atoms with Crippen LogP contribution in [0, 0.1) is 0 Å². The minimum atomic E-state index is -0.833. The summed E-state index contributed by atoms with van der Waals surface area (Å²) in [7, 11) is 0.787. The van der Waals surface area contributed by atoms with Gasteiger partial charge in [0.15, 0.2) is 0 Å². The minimum Gasteiger partial charge on any atom is -0.494 e. The maximum Gasteiger partial charge on any atom is 0.146 e. The molecule has 1 unspecified atom stereocenters. The molecule has 1 aromatic heterocycles. The van der Waals surface area contributed by atoms with Crippen LogP contribution in [0.25, 0.3) is 11.0 Å². The number of para-hydroxylation sites is 1. The molecule has 1 aromatic carbocycles. The highest BCUT2D eigenvalue weighted by Gasteiger charge is 2.13. The molecule has 0 saturated carbocycles. The molecule has 0 radical (unpaired) electrons. The lowest BCUT2D eigenvalue weighted by molar-refractivity contribution is 0.419. The van der Waals surface area contributed by atoms with Gasteiger partial charge in [0, 0.05) is 29.4 Å². The zero-order valence-electron chi connectivity index (χ0n) is 10.4. The van der Waals surface area contributed by atoms with Crippen LogP contribution in [-0.4, -0.2) is 32.9 Å². The van der Waals surface area contributed by atoms with Gasteiger partial charge in [-0.2, -0.15) is 0 Å².